The summed E-state index contributed by atoms with van der Waals surface area (Å²) >= 11 is 0. The van der Waals surface area contributed by atoms with Gasteiger partial charge in [0.05, 0.1) is 18.3 Å². The van der Waals surface area contributed by atoms with E-state index in [4.69, 9.17) is 0 Å². The highest BCUT2D eigenvalue weighted by atomic mass is 19.1. The lowest BCUT2D eigenvalue weighted by atomic mass is 10.0. The summed E-state index contributed by atoms with van der Waals surface area (Å²) in [7, 11) is 1.73. The lowest BCUT2D eigenvalue weighted by Gasteiger charge is -2.18. The van der Waals surface area contributed by atoms with E-state index in [9.17, 15) is 14.0 Å². The van der Waals surface area contributed by atoms with E-state index in [1.54, 1.807) is 42.3 Å². The number of halogens is 1. The van der Waals surface area contributed by atoms with Gasteiger partial charge in [0, 0.05) is 37.6 Å². The maximum Gasteiger partial charge on any atom is 0.243 e. The Bertz CT molecular complexity index is 1020. The molecule has 0 saturated heterocycles. The van der Waals surface area contributed by atoms with Crippen molar-refractivity contribution in [2.75, 3.05) is 18.4 Å². The van der Waals surface area contributed by atoms with Crippen LogP contribution in [0.3, 0.4) is 0 Å². The van der Waals surface area contributed by atoms with Crippen LogP contribution in [-0.2, 0) is 23.1 Å². The highest BCUT2D eigenvalue weighted by Crippen LogP contribution is 2.20. The van der Waals surface area contributed by atoms with Crippen LogP contribution < -0.4 is 16.0 Å². The van der Waals surface area contributed by atoms with Crippen molar-refractivity contribution in [3.8, 4) is 11.3 Å². The van der Waals surface area contributed by atoms with Crippen molar-refractivity contribution in [2.45, 2.75) is 19.4 Å². The first kappa shape index (κ1) is 22.1. The van der Waals surface area contributed by atoms with Crippen LogP contribution in [0.5, 0.6) is 0 Å². The van der Waals surface area contributed by atoms with Crippen molar-refractivity contribution in [1.29, 1.82) is 0 Å². The molecule has 3 N–H and O–H groups in total. The molecule has 3 aromatic rings. The maximum absolute atomic E-state index is 13.2. The number of aryl methyl sites for hydroxylation is 1. The SMILES string of the molecule is CCNC(=O)CNC(Cc1ccc(F)cc1)C(=O)Nc1cc(-c2ccncc2)nn1C. The Morgan fingerprint density at radius 2 is 1.84 bits per heavy atom. The number of anilines is 1. The van der Waals surface area contributed by atoms with Crippen LogP contribution in [-0.4, -0.2) is 45.7 Å². The Morgan fingerprint density at radius 1 is 1.13 bits per heavy atom. The zero-order valence-electron chi connectivity index (χ0n) is 17.4. The fourth-order valence-electron chi connectivity index (χ4n) is 3.05. The molecule has 9 heteroatoms. The number of amides is 2. The van der Waals surface area contributed by atoms with Crippen molar-refractivity contribution in [2.24, 2.45) is 7.05 Å². The van der Waals surface area contributed by atoms with Crippen molar-refractivity contribution < 1.29 is 14.0 Å². The Labute approximate surface area is 179 Å². The number of hydrogen-bond acceptors (Lipinski definition) is 5. The van der Waals surface area contributed by atoms with Gasteiger partial charge in [0.25, 0.3) is 0 Å². The van der Waals surface area contributed by atoms with E-state index in [1.165, 1.54) is 12.1 Å². The third-order valence-corrected chi connectivity index (χ3v) is 4.66. The molecule has 0 aliphatic carbocycles. The Morgan fingerprint density at radius 3 is 2.52 bits per heavy atom. The number of benzene rings is 1. The first-order valence-electron chi connectivity index (χ1n) is 9.96. The van der Waals surface area contributed by atoms with Crippen LogP contribution in [0.25, 0.3) is 11.3 Å². The van der Waals surface area contributed by atoms with Gasteiger partial charge in [0.2, 0.25) is 11.8 Å². The summed E-state index contributed by atoms with van der Waals surface area (Å²) in [5, 5.41) is 13.0. The molecule has 8 nitrogen and oxygen atoms in total. The monoisotopic (exact) mass is 424 g/mol. The smallest absolute Gasteiger partial charge is 0.243 e. The van der Waals surface area contributed by atoms with Gasteiger partial charge in [-0.2, -0.15) is 5.10 Å². The van der Waals surface area contributed by atoms with Gasteiger partial charge in [-0.05, 0) is 43.2 Å². The van der Waals surface area contributed by atoms with Crippen LogP contribution in [0.15, 0.2) is 54.9 Å². The summed E-state index contributed by atoms with van der Waals surface area (Å²) in [6, 6.07) is 10.7. The summed E-state index contributed by atoms with van der Waals surface area (Å²) in [6.07, 6.45) is 3.64. The van der Waals surface area contributed by atoms with E-state index in [0.717, 1.165) is 11.1 Å². The maximum atomic E-state index is 13.2. The molecule has 31 heavy (non-hydrogen) atoms. The number of aromatic nitrogens is 3. The molecule has 0 radical (unpaired) electrons. The molecule has 1 aromatic carbocycles. The predicted molar refractivity (Wildman–Crippen MR) is 116 cm³/mol. The number of nitrogens with one attached hydrogen (secondary N) is 3. The minimum atomic E-state index is -0.702. The lowest BCUT2D eigenvalue weighted by Crippen LogP contribution is -2.46. The summed E-state index contributed by atoms with van der Waals surface area (Å²) in [5.41, 5.74) is 2.35. The Hall–Kier alpha value is -3.59. The van der Waals surface area contributed by atoms with Crippen LogP contribution in [0.1, 0.15) is 12.5 Å². The van der Waals surface area contributed by atoms with Gasteiger partial charge in [-0.3, -0.25) is 24.6 Å². The number of rotatable bonds is 9. The molecule has 2 amide bonds. The standard InChI is InChI=1S/C22H25FN6O2/c1-3-25-21(30)14-26-19(12-15-4-6-17(23)7-5-15)22(31)27-20-13-18(28-29(20)2)16-8-10-24-11-9-16/h4-11,13,19,26H,3,12,14H2,1-2H3,(H,25,30)(H,27,31). The second-order valence-corrected chi connectivity index (χ2v) is 6.98. The molecule has 0 bridgehead atoms. The molecular weight excluding hydrogens is 399 g/mol. The third kappa shape index (κ3) is 6.19. The van der Waals surface area contributed by atoms with Crippen molar-refractivity contribution in [3.05, 3.63) is 66.2 Å². The Balaban J connectivity index is 1.74. The molecule has 0 saturated carbocycles. The van der Waals surface area contributed by atoms with Crippen LogP contribution in [0, 0.1) is 5.82 Å². The van der Waals surface area contributed by atoms with Gasteiger partial charge < -0.3 is 10.6 Å². The van der Waals surface area contributed by atoms with E-state index in [1.807, 2.05) is 19.1 Å². The zero-order chi connectivity index (χ0) is 22.2. The number of hydrogen-bond donors (Lipinski definition) is 3. The van der Waals surface area contributed by atoms with Gasteiger partial charge in [0.15, 0.2) is 0 Å². The first-order chi connectivity index (χ1) is 15.0. The van der Waals surface area contributed by atoms with Crippen LogP contribution in [0.4, 0.5) is 10.2 Å². The fraction of sp³-hybridized carbons (Fsp3) is 0.273. The van der Waals surface area contributed by atoms with Crippen molar-refractivity contribution in [1.82, 2.24) is 25.4 Å². The second-order valence-electron chi connectivity index (χ2n) is 6.98. The molecule has 1 unspecified atom stereocenters. The summed E-state index contributed by atoms with van der Waals surface area (Å²) in [5.74, 6) is -0.364. The number of carbonyl (C=O) groups is 2. The number of pyridine rings is 1. The van der Waals surface area contributed by atoms with Crippen molar-refractivity contribution in [3.63, 3.8) is 0 Å². The number of nitrogens with zero attached hydrogens (tertiary/aromatic N) is 3. The average molecular weight is 424 g/mol. The molecule has 0 spiro atoms. The van der Waals surface area contributed by atoms with Crippen LogP contribution in [0.2, 0.25) is 0 Å². The third-order valence-electron chi connectivity index (χ3n) is 4.66. The van der Waals surface area contributed by atoms with Gasteiger partial charge >= 0.3 is 0 Å². The Kier molecular flexibility index (Phi) is 7.45. The van der Waals surface area contributed by atoms with E-state index < -0.39 is 6.04 Å². The normalized spacial score (nSPS) is 11.7. The number of likely N-dealkylation sites (N-methyl/N-ethyl adjacent to an activating group) is 1. The van der Waals surface area contributed by atoms with Crippen molar-refractivity contribution >= 4 is 17.6 Å². The largest absolute Gasteiger partial charge is 0.355 e. The first-order valence-corrected chi connectivity index (χ1v) is 9.96. The van der Waals surface area contributed by atoms with E-state index >= 15 is 0 Å². The van der Waals surface area contributed by atoms with Gasteiger partial charge in [-0.25, -0.2) is 4.39 Å². The second kappa shape index (κ2) is 10.4. The molecule has 0 aliphatic heterocycles. The minimum absolute atomic E-state index is 0.0131. The van der Waals surface area contributed by atoms with Gasteiger partial charge in [-0.15, -0.1) is 0 Å². The van der Waals surface area contributed by atoms with Crippen LogP contribution >= 0.6 is 0 Å². The molecule has 1 atom stereocenters. The molecule has 2 heterocycles. The molecule has 0 fully saturated rings. The van der Waals surface area contributed by atoms with E-state index in [0.29, 0.717) is 24.5 Å². The molecular formula is C22H25FN6O2. The summed E-state index contributed by atoms with van der Waals surface area (Å²) in [6.45, 7) is 2.31. The molecule has 162 valence electrons. The summed E-state index contributed by atoms with van der Waals surface area (Å²) < 4.78 is 14.8. The minimum Gasteiger partial charge on any atom is -0.355 e. The predicted octanol–water partition coefficient (Wildman–Crippen LogP) is 1.90. The van der Waals surface area contributed by atoms with E-state index in [-0.39, 0.29) is 24.2 Å². The zero-order valence-corrected chi connectivity index (χ0v) is 17.4. The van der Waals surface area contributed by atoms with Gasteiger partial charge in [-0.1, -0.05) is 12.1 Å². The molecule has 3 rings (SSSR count). The molecule has 0 aliphatic rings. The number of carbonyl (C=O) groups excluding carboxylic acids is 2. The lowest BCUT2D eigenvalue weighted by molar-refractivity contribution is -0.121. The summed E-state index contributed by atoms with van der Waals surface area (Å²) in [4.78, 5) is 28.9. The van der Waals surface area contributed by atoms with E-state index in [2.05, 4.69) is 26.0 Å². The highest BCUT2D eigenvalue weighted by Gasteiger charge is 2.21. The fourth-order valence-corrected chi connectivity index (χ4v) is 3.05. The molecule has 2 aromatic heterocycles. The topological polar surface area (TPSA) is 101 Å². The van der Waals surface area contributed by atoms with Gasteiger partial charge in [0.1, 0.15) is 11.6 Å². The average Bonchev–Trinajstić information content (AvgIpc) is 3.13. The highest BCUT2D eigenvalue weighted by molar-refractivity contribution is 5.95. The quantitative estimate of drug-likeness (QED) is 0.487.